The molecule has 1 saturated carbocycles. The molecule has 2 amide bonds. The van der Waals surface area contributed by atoms with Gasteiger partial charge in [-0.15, -0.1) is 0 Å². The van der Waals surface area contributed by atoms with E-state index in [1.54, 1.807) is 19.1 Å². The fourth-order valence-corrected chi connectivity index (χ4v) is 4.46. The van der Waals surface area contributed by atoms with Gasteiger partial charge in [-0.2, -0.15) is 0 Å². The first-order chi connectivity index (χ1) is 12.8. The largest absolute Gasteiger partial charge is 0.344 e. The molecule has 3 rings (SSSR count). The lowest BCUT2D eigenvalue weighted by molar-refractivity contribution is -0.127. The third-order valence-electron chi connectivity index (χ3n) is 5.54. The molecular weight excluding hydrogens is 368 g/mol. The molecule has 0 radical (unpaired) electrons. The molecular formula is C18H26N4O4S. The highest BCUT2D eigenvalue weighted by atomic mass is 32.2. The quantitative estimate of drug-likeness (QED) is 0.558. The summed E-state index contributed by atoms with van der Waals surface area (Å²) in [6.07, 6.45) is 2.88. The first-order valence-electron chi connectivity index (χ1n) is 9.13. The van der Waals surface area contributed by atoms with Crippen LogP contribution in [-0.4, -0.2) is 46.4 Å². The molecule has 148 valence electrons. The highest BCUT2D eigenvalue weighted by molar-refractivity contribution is 7.89. The summed E-state index contributed by atoms with van der Waals surface area (Å²) in [7, 11) is -2.27. The lowest BCUT2D eigenvalue weighted by atomic mass is 9.91. The van der Waals surface area contributed by atoms with Crippen molar-refractivity contribution < 1.29 is 18.0 Å². The Kier molecular flexibility index (Phi) is 5.55. The summed E-state index contributed by atoms with van der Waals surface area (Å²) in [6, 6.07) is 5.27. The maximum atomic E-state index is 12.5. The van der Waals surface area contributed by atoms with Gasteiger partial charge in [0.25, 0.3) is 0 Å². The fraction of sp³-hybridized carbons (Fsp3) is 0.556. The van der Waals surface area contributed by atoms with Crippen molar-refractivity contribution in [2.45, 2.75) is 37.1 Å². The van der Waals surface area contributed by atoms with Crippen molar-refractivity contribution >= 4 is 27.5 Å². The molecule has 2 atom stereocenters. The van der Waals surface area contributed by atoms with Crippen LogP contribution in [0.15, 0.2) is 29.2 Å². The number of hydrogen-bond acceptors (Lipinski definition) is 5. The summed E-state index contributed by atoms with van der Waals surface area (Å²) in [5.74, 6) is -0.479. The summed E-state index contributed by atoms with van der Waals surface area (Å²) in [6.45, 7) is 3.50. The summed E-state index contributed by atoms with van der Waals surface area (Å²) in [5, 5.41) is 8.75. The molecule has 8 nitrogen and oxygen atoms in total. The van der Waals surface area contributed by atoms with Gasteiger partial charge in [-0.1, -0.05) is 6.07 Å². The molecule has 2 fully saturated rings. The van der Waals surface area contributed by atoms with Crippen molar-refractivity contribution in [1.82, 2.24) is 15.4 Å². The van der Waals surface area contributed by atoms with Gasteiger partial charge in [-0.25, -0.2) is 13.1 Å². The van der Waals surface area contributed by atoms with E-state index in [1.807, 2.05) is 0 Å². The van der Waals surface area contributed by atoms with E-state index in [0.717, 1.165) is 32.4 Å². The summed E-state index contributed by atoms with van der Waals surface area (Å²) >= 11 is 0. The Morgan fingerprint density at radius 2 is 1.96 bits per heavy atom. The van der Waals surface area contributed by atoms with Crippen LogP contribution in [0.5, 0.6) is 0 Å². The Hall–Kier alpha value is -1.97. The first kappa shape index (κ1) is 19.8. The zero-order valence-corrected chi connectivity index (χ0v) is 16.4. The number of nitrogens with one attached hydrogen (secondary N) is 4. The van der Waals surface area contributed by atoms with Crippen LogP contribution in [0.1, 0.15) is 26.2 Å². The molecule has 0 bridgehead atoms. The predicted molar refractivity (Wildman–Crippen MR) is 102 cm³/mol. The second kappa shape index (κ2) is 7.57. The van der Waals surface area contributed by atoms with Crippen LogP contribution in [-0.2, 0) is 19.6 Å². The third kappa shape index (κ3) is 4.31. The molecule has 2 aliphatic rings. The standard InChI is InChI=1S/C18H26N4O4S/c1-12(21-17(24)15-11-18(15)6-8-20-9-7-18)16(23)22-13-4-3-5-14(10-13)27(25,26)19-2/h3-5,10,12,15,19-20H,6-9,11H2,1-2H3,(H,21,24)(H,22,23). The van der Waals surface area contributed by atoms with E-state index in [2.05, 4.69) is 20.7 Å². The Morgan fingerprint density at radius 1 is 1.26 bits per heavy atom. The van der Waals surface area contributed by atoms with Gasteiger partial charge in [0.2, 0.25) is 21.8 Å². The Morgan fingerprint density at radius 3 is 2.63 bits per heavy atom. The van der Waals surface area contributed by atoms with Crippen molar-refractivity contribution in [2.75, 3.05) is 25.5 Å². The molecule has 1 spiro atoms. The summed E-state index contributed by atoms with van der Waals surface area (Å²) in [4.78, 5) is 24.9. The molecule has 1 aliphatic heterocycles. The molecule has 1 aromatic carbocycles. The third-order valence-corrected chi connectivity index (χ3v) is 6.95. The molecule has 1 aromatic rings. The van der Waals surface area contributed by atoms with Gasteiger partial charge in [0.15, 0.2) is 0 Å². The van der Waals surface area contributed by atoms with Crippen molar-refractivity contribution in [3.8, 4) is 0 Å². The smallest absolute Gasteiger partial charge is 0.246 e. The molecule has 2 unspecified atom stereocenters. The van der Waals surface area contributed by atoms with Crippen molar-refractivity contribution in [3.05, 3.63) is 24.3 Å². The zero-order chi connectivity index (χ0) is 19.7. The second-order valence-corrected chi connectivity index (χ2v) is 9.21. The molecule has 1 aliphatic carbocycles. The van der Waals surface area contributed by atoms with E-state index in [0.29, 0.717) is 5.69 Å². The maximum absolute atomic E-state index is 12.5. The van der Waals surface area contributed by atoms with Crippen LogP contribution in [0.2, 0.25) is 0 Å². The van der Waals surface area contributed by atoms with E-state index >= 15 is 0 Å². The summed E-state index contributed by atoms with van der Waals surface area (Å²) < 4.78 is 26.0. The Labute approximate surface area is 159 Å². The van der Waals surface area contributed by atoms with Gasteiger partial charge < -0.3 is 16.0 Å². The first-order valence-corrected chi connectivity index (χ1v) is 10.6. The van der Waals surface area contributed by atoms with E-state index in [1.165, 1.54) is 19.2 Å². The number of carbonyl (C=O) groups is 2. The van der Waals surface area contributed by atoms with Crippen molar-refractivity contribution in [3.63, 3.8) is 0 Å². The van der Waals surface area contributed by atoms with E-state index in [4.69, 9.17) is 0 Å². The van der Waals surface area contributed by atoms with Crippen molar-refractivity contribution in [2.24, 2.45) is 11.3 Å². The minimum absolute atomic E-state index is 0.0149. The van der Waals surface area contributed by atoms with Gasteiger partial charge in [-0.3, -0.25) is 9.59 Å². The number of rotatable bonds is 6. The highest BCUT2D eigenvalue weighted by Crippen LogP contribution is 2.58. The second-order valence-electron chi connectivity index (χ2n) is 7.32. The van der Waals surface area contributed by atoms with Gasteiger partial charge in [0, 0.05) is 11.6 Å². The minimum atomic E-state index is -3.59. The van der Waals surface area contributed by atoms with Crippen LogP contribution in [0.4, 0.5) is 5.69 Å². The van der Waals surface area contributed by atoms with Crippen molar-refractivity contribution in [1.29, 1.82) is 0 Å². The van der Waals surface area contributed by atoms with Crippen LogP contribution in [0, 0.1) is 11.3 Å². The van der Waals surface area contributed by atoms with Crippen LogP contribution >= 0.6 is 0 Å². The number of piperidine rings is 1. The maximum Gasteiger partial charge on any atom is 0.246 e. The minimum Gasteiger partial charge on any atom is -0.344 e. The lowest BCUT2D eigenvalue weighted by Gasteiger charge is -2.23. The number of amides is 2. The van der Waals surface area contributed by atoms with Gasteiger partial charge >= 0.3 is 0 Å². The molecule has 1 saturated heterocycles. The molecule has 0 aromatic heterocycles. The normalized spacial score (nSPS) is 22.1. The average molecular weight is 394 g/mol. The Balaban J connectivity index is 1.57. The van der Waals surface area contributed by atoms with Crippen LogP contribution < -0.4 is 20.7 Å². The fourth-order valence-electron chi connectivity index (χ4n) is 3.68. The van der Waals surface area contributed by atoms with Gasteiger partial charge in [-0.05, 0) is 69.9 Å². The number of carbonyl (C=O) groups excluding carboxylic acids is 2. The average Bonchev–Trinajstić information content (AvgIpc) is 3.35. The number of benzene rings is 1. The molecule has 9 heteroatoms. The highest BCUT2D eigenvalue weighted by Gasteiger charge is 2.57. The SMILES string of the molecule is CNS(=O)(=O)c1cccc(NC(=O)C(C)NC(=O)C2CC23CCNCC3)c1. The Bertz CT molecular complexity index is 834. The van der Waals surface area contributed by atoms with E-state index in [9.17, 15) is 18.0 Å². The van der Waals surface area contributed by atoms with E-state index < -0.39 is 16.1 Å². The number of anilines is 1. The number of sulfonamides is 1. The van der Waals surface area contributed by atoms with Crippen LogP contribution in [0.3, 0.4) is 0 Å². The topological polar surface area (TPSA) is 116 Å². The molecule has 4 N–H and O–H groups in total. The van der Waals surface area contributed by atoms with Crippen LogP contribution in [0.25, 0.3) is 0 Å². The lowest BCUT2D eigenvalue weighted by Crippen LogP contribution is -2.43. The zero-order valence-electron chi connectivity index (χ0n) is 15.5. The predicted octanol–water partition coefficient (Wildman–Crippen LogP) is 0.428. The number of hydrogen-bond donors (Lipinski definition) is 4. The monoisotopic (exact) mass is 394 g/mol. The molecule has 27 heavy (non-hydrogen) atoms. The molecule has 1 heterocycles. The van der Waals surface area contributed by atoms with E-state index in [-0.39, 0.29) is 28.0 Å². The van der Waals surface area contributed by atoms with Gasteiger partial charge in [0.05, 0.1) is 4.90 Å². The summed E-state index contributed by atoms with van der Waals surface area (Å²) in [5.41, 5.74) is 0.472. The van der Waals surface area contributed by atoms with Gasteiger partial charge in [0.1, 0.15) is 6.04 Å².